The molecule has 1 aliphatic rings. The van der Waals surface area contributed by atoms with Crippen LogP contribution < -0.4 is 4.74 Å². The lowest BCUT2D eigenvalue weighted by Gasteiger charge is -2.14. The van der Waals surface area contributed by atoms with Crippen molar-refractivity contribution in [3.05, 3.63) is 71.2 Å². The zero-order valence-corrected chi connectivity index (χ0v) is 12.7. The maximum Gasteiger partial charge on any atom is 0.180 e. The molecule has 4 rings (SSSR count). The van der Waals surface area contributed by atoms with Crippen molar-refractivity contribution in [1.29, 1.82) is 5.26 Å². The van der Waals surface area contributed by atoms with E-state index in [9.17, 15) is 0 Å². The number of nitrogens with zero attached hydrogens (tertiary/aromatic N) is 3. The van der Waals surface area contributed by atoms with E-state index in [2.05, 4.69) is 35.3 Å². The number of hydrogen-bond acceptors (Lipinski definition) is 3. The van der Waals surface area contributed by atoms with Crippen molar-refractivity contribution < 1.29 is 4.74 Å². The lowest BCUT2D eigenvalue weighted by Crippen LogP contribution is -2.04. The summed E-state index contributed by atoms with van der Waals surface area (Å²) < 4.78 is 8.15. The molecule has 1 aliphatic carbocycles. The number of benzene rings is 1. The Hall–Kier alpha value is -3.06. The van der Waals surface area contributed by atoms with Crippen LogP contribution in [-0.4, -0.2) is 9.38 Å². The van der Waals surface area contributed by atoms with E-state index in [1.54, 1.807) is 0 Å². The molecule has 0 saturated heterocycles. The molecular formula is C19H15N3O. The van der Waals surface area contributed by atoms with Crippen LogP contribution in [0.25, 0.3) is 11.7 Å². The quantitative estimate of drug-likeness (QED) is 0.738. The average Bonchev–Trinajstić information content (AvgIpc) is 3.11. The van der Waals surface area contributed by atoms with Gasteiger partial charge in [-0.3, -0.25) is 4.40 Å². The van der Waals surface area contributed by atoms with Crippen molar-refractivity contribution in [3.63, 3.8) is 0 Å². The van der Waals surface area contributed by atoms with Crippen molar-refractivity contribution in [2.24, 2.45) is 0 Å². The zero-order chi connectivity index (χ0) is 15.8. The van der Waals surface area contributed by atoms with Gasteiger partial charge < -0.3 is 4.74 Å². The van der Waals surface area contributed by atoms with Crippen molar-refractivity contribution in [2.75, 3.05) is 0 Å². The van der Waals surface area contributed by atoms with E-state index < -0.39 is 0 Å². The molecule has 1 unspecified atom stereocenters. The third kappa shape index (κ3) is 2.18. The number of rotatable bonds is 3. The standard InChI is InChI=1S/C19H15N3O/c1-13-16(10-11-20)22-12-4-7-18(19(22)21-13)23-17-9-8-14-5-2-3-6-15(14)17/h2-9,12,17H,10H2,1H3. The topological polar surface area (TPSA) is 50.3 Å². The van der Waals surface area contributed by atoms with Gasteiger partial charge in [0.2, 0.25) is 0 Å². The maximum absolute atomic E-state index is 9.00. The zero-order valence-electron chi connectivity index (χ0n) is 12.7. The Balaban J connectivity index is 1.75. The van der Waals surface area contributed by atoms with Crippen LogP contribution in [0.4, 0.5) is 0 Å². The first-order valence-corrected chi connectivity index (χ1v) is 7.55. The number of nitriles is 1. The molecule has 3 aromatic rings. The fourth-order valence-electron chi connectivity index (χ4n) is 3.04. The Labute approximate surface area is 134 Å². The predicted molar refractivity (Wildman–Crippen MR) is 88.1 cm³/mol. The van der Waals surface area contributed by atoms with Gasteiger partial charge in [0.25, 0.3) is 0 Å². The highest BCUT2D eigenvalue weighted by Gasteiger charge is 2.20. The summed E-state index contributed by atoms with van der Waals surface area (Å²) in [6, 6.07) is 14.3. The molecule has 4 heteroatoms. The Bertz CT molecular complexity index is 962. The van der Waals surface area contributed by atoms with E-state index in [0.717, 1.165) is 28.3 Å². The molecule has 4 nitrogen and oxygen atoms in total. The summed E-state index contributed by atoms with van der Waals surface area (Å²) in [6.07, 6.45) is 6.29. The fraction of sp³-hybridized carbons (Fsp3) is 0.158. The van der Waals surface area contributed by atoms with Crippen LogP contribution in [0.2, 0.25) is 0 Å². The van der Waals surface area contributed by atoms with Crippen LogP contribution in [0, 0.1) is 18.3 Å². The summed E-state index contributed by atoms with van der Waals surface area (Å²) in [5.74, 6) is 0.728. The second-order valence-corrected chi connectivity index (χ2v) is 5.57. The first-order valence-electron chi connectivity index (χ1n) is 7.55. The smallest absolute Gasteiger partial charge is 0.180 e. The van der Waals surface area contributed by atoms with Crippen LogP contribution in [0.15, 0.2) is 48.7 Å². The monoisotopic (exact) mass is 301 g/mol. The molecule has 0 saturated carbocycles. The third-order valence-electron chi connectivity index (χ3n) is 4.17. The van der Waals surface area contributed by atoms with Gasteiger partial charge in [-0.1, -0.05) is 30.3 Å². The van der Waals surface area contributed by atoms with Gasteiger partial charge in [0.1, 0.15) is 6.10 Å². The van der Waals surface area contributed by atoms with Gasteiger partial charge in [-0.15, -0.1) is 0 Å². The van der Waals surface area contributed by atoms with Crippen molar-refractivity contribution in [3.8, 4) is 11.8 Å². The number of fused-ring (bicyclic) bond motifs is 2. The third-order valence-corrected chi connectivity index (χ3v) is 4.17. The molecule has 0 spiro atoms. The van der Waals surface area contributed by atoms with Crippen molar-refractivity contribution >= 4 is 11.7 Å². The molecule has 0 radical (unpaired) electrons. The minimum absolute atomic E-state index is 0.103. The van der Waals surface area contributed by atoms with Gasteiger partial charge in [-0.05, 0) is 30.7 Å². The Morgan fingerprint density at radius 3 is 3.00 bits per heavy atom. The summed E-state index contributed by atoms with van der Waals surface area (Å²) in [7, 11) is 0. The molecule has 0 fully saturated rings. The maximum atomic E-state index is 9.00. The minimum Gasteiger partial charge on any atom is -0.478 e. The van der Waals surface area contributed by atoms with E-state index >= 15 is 0 Å². The number of ether oxygens (including phenoxy) is 1. The summed E-state index contributed by atoms with van der Waals surface area (Å²) in [6.45, 7) is 1.92. The normalized spacial score (nSPS) is 15.6. The second-order valence-electron chi connectivity index (χ2n) is 5.57. The van der Waals surface area contributed by atoms with Gasteiger partial charge in [0.15, 0.2) is 11.4 Å². The molecule has 0 bridgehead atoms. The predicted octanol–water partition coefficient (Wildman–Crippen LogP) is 3.86. The lowest BCUT2D eigenvalue weighted by molar-refractivity contribution is 0.260. The van der Waals surface area contributed by atoms with Gasteiger partial charge in [-0.25, -0.2) is 4.98 Å². The highest BCUT2D eigenvalue weighted by molar-refractivity contribution is 5.63. The van der Waals surface area contributed by atoms with Crippen LogP contribution in [-0.2, 0) is 6.42 Å². The largest absolute Gasteiger partial charge is 0.478 e. The van der Waals surface area contributed by atoms with Gasteiger partial charge >= 0.3 is 0 Å². The summed E-state index contributed by atoms with van der Waals surface area (Å²) in [5, 5.41) is 9.00. The Morgan fingerprint density at radius 2 is 2.13 bits per heavy atom. The molecular weight excluding hydrogens is 286 g/mol. The van der Waals surface area contributed by atoms with Crippen LogP contribution in [0.1, 0.15) is 28.6 Å². The lowest BCUT2D eigenvalue weighted by atomic mass is 10.1. The molecule has 2 heterocycles. The summed E-state index contributed by atoms with van der Waals surface area (Å²) in [4.78, 5) is 4.59. The Kier molecular flexibility index (Phi) is 3.13. The van der Waals surface area contributed by atoms with Crippen molar-refractivity contribution in [2.45, 2.75) is 19.4 Å². The summed E-state index contributed by atoms with van der Waals surface area (Å²) >= 11 is 0. The highest BCUT2D eigenvalue weighted by atomic mass is 16.5. The Morgan fingerprint density at radius 1 is 1.26 bits per heavy atom. The first kappa shape index (κ1) is 13.6. The molecule has 112 valence electrons. The van der Waals surface area contributed by atoms with Gasteiger partial charge in [0.05, 0.1) is 23.9 Å². The fourth-order valence-corrected chi connectivity index (χ4v) is 3.04. The number of aromatic nitrogens is 2. The number of imidazole rings is 1. The van der Waals surface area contributed by atoms with E-state index in [1.165, 1.54) is 5.56 Å². The number of pyridine rings is 1. The SMILES string of the molecule is Cc1nc2c(OC3C=Cc4ccccc43)cccn2c1CC#N. The average molecular weight is 301 g/mol. The molecule has 2 aromatic heterocycles. The molecule has 23 heavy (non-hydrogen) atoms. The molecule has 1 aromatic carbocycles. The van der Waals surface area contributed by atoms with E-state index in [1.807, 2.05) is 41.8 Å². The van der Waals surface area contributed by atoms with Crippen LogP contribution in [0.3, 0.4) is 0 Å². The van der Waals surface area contributed by atoms with Crippen molar-refractivity contribution in [1.82, 2.24) is 9.38 Å². The molecule has 0 N–H and O–H groups in total. The van der Waals surface area contributed by atoms with Gasteiger partial charge in [0, 0.05) is 11.8 Å². The van der Waals surface area contributed by atoms with Gasteiger partial charge in [-0.2, -0.15) is 5.26 Å². The molecule has 0 amide bonds. The highest BCUT2D eigenvalue weighted by Crippen LogP contribution is 2.33. The number of hydrogen-bond donors (Lipinski definition) is 0. The van der Waals surface area contributed by atoms with E-state index in [-0.39, 0.29) is 6.10 Å². The number of aryl methyl sites for hydroxylation is 1. The minimum atomic E-state index is -0.103. The second kappa shape index (κ2) is 5.29. The summed E-state index contributed by atoms with van der Waals surface area (Å²) in [5.41, 5.74) is 4.89. The van der Waals surface area contributed by atoms with E-state index in [0.29, 0.717) is 6.42 Å². The van der Waals surface area contributed by atoms with Crippen LogP contribution in [0.5, 0.6) is 5.75 Å². The van der Waals surface area contributed by atoms with E-state index in [4.69, 9.17) is 10.00 Å². The van der Waals surface area contributed by atoms with Crippen LogP contribution >= 0.6 is 0 Å². The first-order chi connectivity index (χ1) is 11.3. The molecule has 1 atom stereocenters. The molecule has 0 aliphatic heterocycles.